The summed E-state index contributed by atoms with van der Waals surface area (Å²) in [6.45, 7) is -1.08. The van der Waals surface area contributed by atoms with Crippen molar-refractivity contribution in [3.63, 3.8) is 0 Å². The summed E-state index contributed by atoms with van der Waals surface area (Å²) >= 11 is 0. The lowest BCUT2D eigenvalue weighted by Gasteiger charge is -2.39. The smallest absolute Gasteiger partial charge is 0.384 e. The Hall–Kier alpha value is -3.20. The minimum Gasteiger partial charge on any atom is -0.384 e. The van der Waals surface area contributed by atoms with E-state index < -0.39 is 30.1 Å². The minimum absolute atomic E-state index is 0.0636. The van der Waals surface area contributed by atoms with Crippen LogP contribution < -0.4 is 22.1 Å². The van der Waals surface area contributed by atoms with Gasteiger partial charge in [-0.1, -0.05) is 0 Å². The Labute approximate surface area is 176 Å². The van der Waals surface area contributed by atoms with Gasteiger partial charge < -0.3 is 22.1 Å². The molecule has 0 aliphatic heterocycles. The van der Waals surface area contributed by atoms with Gasteiger partial charge in [-0.15, -0.1) is 0 Å². The van der Waals surface area contributed by atoms with Gasteiger partial charge in [0.1, 0.15) is 5.84 Å². The van der Waals surface area contributed by atoms with Crippen molar-refractivity contribution in [3.8, 4) is 6.07 Å². The molecule has 1 aliphatic rings. The van der Waals surface area contributed by atoms with Crippen LogP contribution in [0.4, 0.5) is 23.2 Å². The maximum absolute atomic E-state index is 13.2. The molecule has 1 saturated carbocycles. The summed E-state index contributed by atoms with van der Waals surface area (Å²) in [7, 11) is 0. The maximum Gasteiger partial charge on any atom is 0.401 e. The van der Waals surface area contributed by atoms with Gasteiger partial charge in [0, 0.05) is 30.0 Å². The third-order valence-corrected chi connectivity index (χ3v) is 4.98. The van der Waals surface area contributed by atoms with Gasteiger partial charge in [-0.25, -0.2) is 9.98 Å². The number of pyridine rings is 1. The molecule has 2 rings (SSSR count). The third-order valence-electron chi connectivity index (χ3n) is 4.98. The second-order valence-electron chi connectivity index (χ2n) is 7.29. The van der Waals surface area contributed by atoms with Crippen LogP contribution in [0.25, 0.3) is 0 Å². The Morgan fingerprint density at radius 2 is 2.06 bits per heavy atom. The molecule has 1 heterocycles. The lowest BCUT2D eigenvalue weighted by atomic mass is 9.77. The van der Waals surface area contributed by atoms with Crippen molar-refractivity contribution in [2.45, 2.75) is 49.9 Å². The number of nitrogens with one attached hydrogen (secondary N) is 2. The number of halogens is 4. The molecule has 0 bridgehead atoms. The zero-order valence-electron chi connectivity index (χ0n) is 16.5. The Morgan fingerprint density at radius 1 is 1.39 bits per heavy atom. The second kappa shape index (κ2) is 10.2. The molecule has 12 heteroatoms. The molecule has 0 unspecified atom stereocenters. The number of rotatable bonds is 8. The SMILES string of the molecule is N#CCC1(N/C=C(/C(N)=O)C(N)=Nc2ccnc(F)c2)CCC(NCC(F)(F)F)CC1. The van der Waals surface area contributed by atoms with Gasteiger partial charge in [-0.05, 0) is 31.7 Å². The summed E-state index contributed by atoms with van der Waals surface area (Å²) in [4.78, 5) is 19.2. The second-order valence-corrected chi connectivity index (χ2v) is 7.29. The van der Waals surface area contributed by atoms with E-state index in [-0.39, 0.29) is 29.6 Å². The van der Waals surface area contributed by atoms with E-state index in [4.69, 9.17) is 11.5 Å². The average Bonchev–Trinajstić information content (AvgIpc) is 2.67. The number of nitrogens with two attached hydrogens (primary N) is 2. The van der Waals surface area contributed by atoms with Crippen LogP contribution in [0.2, 0.25) is 0 Å². The number of carbonyl (C=O) groups excluding carboxylic acids is 1. The van der Waals surface area contributed by atoms with Gasteiger partial charge in [0.25, 0.3) is 5.91 Å². The number of aromatic nitrogens is 1. The first-order chi connectivity index (χ1) is 14.5. The number of alkyl halides is 3. The molecule has 1 aromatic rings. The van der Waals surface area contributed by atoms with E-state index in [1.807, 2.05) is 0 Å². The van der Waals surface area contributed by atoms with Crippen LogP contribution in [-0.2, 0) is 4.79 Å². The maximum atomic E-state index is 13.2. The van der Waals surface area contributed by atoms with Crippen LogP contribution in [0.1, 0.15) is 32.1 Å². The lowest BCUT2D eigenvalue weighted by molar-refractivity contribution is -0.126. The Bertz CT molecular complexity index is 884. The Morgan fingerprint density at radius 3 is 2.61 bits per heavy atom. The number of amides is 1. The standard InChI is InChI=1S/C19H23F4N7O/c20-15-9-13(3-8-27-15)30-16(25)14(17(26)31)10-29-18(6-7-24)4-1-12(2-5-18)28-11-19(21,22)23/h3,8-10,12,28-29H,1-2,4-6,11H2,(H2,26,31)(H2,25,27,30)/b14-10+. The number of carbonyl (C=O) groups is 1. The first kappa shape index (κ1) is 24.1. The predicted molar refractivity (Wildman–Crippen MR) is 105 cm³/mol. The minimum atomic E-state index is -4.30. The normalized spacial score (nSPS) is 22.6. The molecule has 6 N–H and O–H groups in total. The van der Waals surface area contributed by atoms with E-state index in [2.05, 4.69) is 26.7 Å². The molecule has 1 aliphatic carbocycles. The van der Waals surface area contributed by atoms with Crippen molar-refractivity contribution >= 4 is 17.4 Å². The highest BCUT2D eigenvalue weighted by Gasteiger charge is 2.36. The Kier molecular flexibility index (Phi) is 7.93. The topological polar surface area (TPSA) is 142 Å². The molecule has 0 aromatic carbocycles. The molecule has 0 atom stereocenters. The first-order valence-corrected chi connectivity index (χ1v) is 9.44. The van der Waals surface area contributed by atoms with Crippen molar-refractivity contribution in [2.75, 3.05) is 6.54 Å². The highest BCUT2D eigenvalue weighted by atomic mass is 19.4. The highest BCUT2D eigenvalue weighted by Crippen LogP contribution is 2.32. The molecule has 0 spiro atoms. The molecular formula is C19H23F4N7O. The van der Waals surface area contributed by atoms with Crippen molar-refractivity contribution in [2.24, 2.45) is 16.5 Å². The first-order valence-electron chi connectivity index (χ1n) is 9.44. The van der Waals surface area contributed by atoms with Gasteiger partial charge in [0.05, 0.1) is 30.3 Å². The highest BCUT2D eigenvalue weighted by molar-refractivity contribution is 6.20. The van der Waals surface area contributed by atoms with Crippen molar-refractivity contribution in [1.29, 1.82) is 5.26 Å². The molecule has 0 radical (unpaired) electrons. The molecule has 1 aromatic heterocycles. The molecule has 1 amide bonds. The molecule has 1 fully saturated rings. The molecule has 168 valence electrons. The fourth-order valence-corrected chi connectivity index (χ4v) is 3.32. The van der Waals surface area contributed by atoms with Gasteiger partial charge in [-0.2, -0.15) is 22.8 Å². The van der Waals surface area contributed by atoms with E-state index in [9.17, 15) is 27.6 Å². The fraction of sp³-hybridized carbons (Fsp3) is 0.474. The number of hydrogen-bond donors (Lipinski definition) is 4. The van der Waals surface area contributed by atoms with E-state index >= 15 is 0 Å². The Balaban J connectivity index is 2.13. The zero-order chi connectivity index (χ0) is 23.1. The summed E-state index contributed by atoms with van der Waals surface area (Å²) in [5.41, 5.74) is 10.4. The van der Waals surface area contributed by atoms with Crippen molar-refractivity contribution < 1.29 is 22.4 Å². The average molecular weight is 441 g/mol. The largest absolute Gasteiger partial charge is 0.401 e. The van der Waals surface area contributed by atoms with Crippen LogP contribution in [0.5, 0.6) is 0 Å². The summed E-state index contributed by atoms with van der Waals surface area (Å²) in [6, 6.07) is 4.13. The van der Waals surface area contributed by atoms with Crippen LogP contribution in [0.3, 0.4) is 0 Å². The van der Waals surface area contributed by atoms with Gasteiger partial charge in [-0.3, -0.25) is 4.79 Å². The van der Waals surface area contributed by atoms with Crippen molar-refractivity contribution in [3.05, 3.63) is 36.1 Å². The number of nitrogens with zero attached hydrogens (tertiary/aromatic N) is 3. The number of primary amides is 1. The predicted octanol–water partition coefficient (Wildman–Crippen LogP) is 1.92. The van der Waals surface area contributed by atoms with Crippen LogP contribution in [0.15, 0.2) is 35.1 Å². The third kappa shape index (κ3) is 7.53. The van der Waals surface area contributed by atoms with E-state index in [0.29, 0.717) is 25.7 Å². The summed E-state index contributed by atoms with van der Waals surface area (Å²) < 4.78 is 50.4. The van der Waals surface area contributed by atoms with Crippen LogP contribution in [0, 0.1) is 17.3 Å². The number of nitriles is 1. The number of amidine groups is 1. The van der Waals surface area contributed by atoms with Crippen molar-refractivity contribution in [1.82, 2.24) is 15.6 Å². The summed E-state index contributed by atoms with van der Waals surface area (Å²) in [5, 5.41) is 14.7. The number of aliphatic imine (C=N–C) groups is 1. The van der Waals surface area contributed by atoms with E-state index in [1.54, 1.807) is 0 Å². The molecule has 8 nitrogen and oxygen atoms in total. The summed E-state index contributed by atoms with van der Waals surface area (Å²) in [5.74, 6) is -1.94. The molecule has 0 saturated heterocycles. The number of hydrogen-bond acceptors (Lipinski definition) is 6. The summed E-state index contributed by atoms with van der Waals surface area (Å²) in [6.07, 6.45) is -0.202. The lowest BCUT2D eigenvalue weighted by Crippen LogP contribution is -2.50. The van der Waals surface area contributed by atoms with E-state index in [1.165, 1.54) is 18.5 Å². The van der Waals surface area contributed by atoms with Gasteiger partial charge >= 0.3 is 6.18 Å². The fourth-order valence-electron chi connectivity index (χ4n) is 3.32. The molecular weight excluding hydrogens is 418 g/mol. The van der Waals surface area contributed by atoms with Gasteiger partial charge in [0.15, 0.2) is 0 Å². The van der Waals surface area contributed by atoms with Crippen LogP contribution in [-0.4, -0.2) is 41.0 Å². The monoisotopic (exact) mass is 441 g/mol. The van der Waals surface area contributed by atoms with Crippen LogP contribution >= 0.6 is 0 Å². The zero-order valence-corrected chi connectivity index (χ0v) is 16.5. The quantitative estimate of drug-likeness (QED) is 0.160. The molecule has 31 heavy (non-hydrogen) atoms. The van der Waals surface area contributed by atoms with Gasteiger partial charge in [0.2, 0.25) is 5.95 Å². The van der Waals surface area contributed by atoms with E-state index in [0.717, 1.165) is 6.07 Å².